The van der Waals surface area contributed by atoms with Crippen molar-refractivity contribution in [2.24, 2.45) is 0 Å². The van der Waals surface area contributed by atoms with E-state index in [9.17, 15) is 9.59 Å². The van der Waals surface area contributed by atoms with Gasteiger partial charge in [0, 0.05) is 65.8 Å². The van der Waals surface area contributed by atoms with Crippen molar-refractivity contribution in [2.75, 3.05) is 6.61 Å². The molecule has 0 aliphatic carbocycles. The first-order valence-corrected chi connectivity index (χ1v) is 13.0. The van der Waals surface area contributed by atoms with Gasteiger partial charge in [0.15, 0.2) is 5.82 Å². The van der Waals surface area contributed by atoms with Crippen molar-refractivity contribution in [1.29, 1.82) is 0 Å². The third kappa shape index (κ3) is 6.26. The summed E-state index contributed by atoms with van der Waals surface area (Å²) in [6, 6.07) is 15.8. The number of aromatic amines is 1. The van der Waals surface area contributed by atoms with E-state index in [1.807, 2.05) is 60.0 Å². The van der Waals surface area contributed by atoms with E-state index in [4.69, 9.17) is 14.2 Å². The van der Waals surface area contributed by atoms with E-state index < -0.39 is 5.76 Å². The second-order valence-corrected chi connectivity index (χ2v) is 9.61. The van der Waals surface area contributed by atoms with Gasteiger partial charge in [0.05, 0.1) is 12.6 Å². The summed E-state index contributed by atoms with van der Waals surface area (Å²) in [6.07, 6.45) is 5.58. The van der Waals surface area contributed by atoms with Gasteiger partial charge in [-0.2, -0.15) is 0 Å². The van der Waals surface area contributed by atoms with E-state index in [-0.39, 0.29) is 41.2 Å². The van der Waals surface area contributed by atoms with Crippen LogP contribution in [0.2, 0.25) is 0 Å². The van der Waals surface area contributed by atoms with Gasteiger partial charge in [0.25, 0.3) is 5.56 Å². The zero-order valence-electron chi connectivity index (χ0n) is 22.3. The first kappa shape index (κ1) is 28.2. The van der Waals surface area contributed by atoms with E-state index in [0.717, 1.165) is 78.0 Å². The zero-order chi connectivity index (χ0) is 25.8. The number of hydrogen-bond acceptors (Lipinski definition) is 6. The molecule has 5 rings (SSSR count). The topological polar surface area (TPSA) is 103 Å². The van der Waals surface area contributed by atoms with Gasteiger partial charge in [-0.1, -0.05) is 60.6 Å². The Morgan fingerprint density at radius 1 is 1.05 bits per heavy atom. The largest absolute Gasteiger partial charge is 0.439 e. The van der Waals surface area contributed by atoms with Gasteiger partial charge in [0.2, 0.25) is 0 Å². The SMILES string of the molecule is CCCc1nc(C)c(CC2CCCCO2)c(=O)n1Cc1ccc(-c2ccccc2-c2noc(=O)[nH]2)cc1.[Na]. The molecule has 1 unspecified atom stereocenters. The van der Waals surface area contributed by atoms with Gasteiger partial charge in [-0.3, -0.25) is 18.9 Å². The number of rotatable bonds is 8. The molecule has 1 fully saturated rings. The normalized spacial score (nSPS) is 15.3. The van der Waals surface area contributed by atoms with Crippen LogP contribution in [-0.4, -0.2) is 62.0 Å². The Hall–Kier alpha value is -2.78. The first-order valence-electron chi connectivity index (χ1n) is 13.0. The van der Waals surface area contributed by atoms with E-state index >= 15 is 0 Å². The average molecular weight is 524 g/mol. The molecular weight excluding hydrogens is 491 g/mol. The van der Waals surface area contributed by atoms with Crippen LogP contribution in [0.1, 0.15) is 55.3 Å². The fourth-order valence-corrected chi connectivity index (χ4v) is 5.02. The van der Waals surface area contributed by atoms with Crippen LogP contribution in [0.25, 0.3) is 22.5 Å². The summed E-state index contributed by atoms with van der Waals surface area (Å²) in [4.78, 5) is 32.6. The number of H-pyrrole nitrogens is 1. The molecule has 2 aromatic heterocycles. The Morgan fingerprint density at radius 3 is 2.47 bits per heavy atom. The van der Waals surface area contributed by atoms with E-state index in [0.29, 0.717) is 18.8 Å². The zero-order valence-corrected chi connectivity index (χ0v) is 24.3. The predicted octanol–water partition coefficient (Wildman–Crippen LogP) is 4.29. The van der Waals surface area contributed by atoms with Crippen LogP contribution < -0.4 is 11.3 Å². The smallest absolute Gasteiger partial charge is 0.378 e. The van der Waals surface area contributed by atoms with Gasteiger partial charge >= 0.3 is 5.76 Å². The van der Waals surface area contributed by atoms with Gasteiger partial charge < -0.3 is 4.74 Å². The summed E-state index contributed by atoms with van der Waals surface area (Å²) in [5.41, 5.74) is 5.31. The average Bonchev–Trinajstić information content (AvgIpc) is 3.36. The minimum absolute atomic E-state index is 0. The molecule has 4 aromatic rings. The Morgan fingerprint density at radius 2 is 1.82 bits per heavy atom. The van der Waals surface area contributed by atoms with Crippen molar-refractivity contribution in [2.45, 2.75) is 65.0 Å². The third-order valence-corrected chi connectivity index (χ3v) is 6.96. The molecule has 9 heteroatoms. The molecule has 2 aromatic carbocycles. The Kier molecular flexibility index (Phi) is 9.54. The quantitative estimate of drug-likeness (QED) is 0.346. The molecular formula is C29H32N4NaO4. The molecule has 1 N–H and O–H groups in total. The summed E-state index contributed by atoms with van der Waals surface area (Å²) in [6.45, 7) is 5.27. The summed E-state index contributed by atoms with van der Waals surface area (Å²) in [7, 11) is 0. The summed E-state index contributed by atoms with van der Waals surface area (Å²) in [5, 5.41) is 3.84. The fraction of sp³-hybridized carbons (Fsp3) is 0.379. The van der Waals surface area contributed by atoms with Crippen molar-refractivity contribution in [1.82, 2.24) is 19.7 Å². The molecule has 1 aliphatic rings. The van der Waals surface area contributed by atoms with Gasteiger partial charge in [0.1, 0.15) is 5.82 Å². The number of nitrogens with one attached hydrogen (secondary N) is 1. The van der Waals surface area contributed by atoms with Gasteiger partial charge in [-0.05, 0) is 49.3 Å². The van der Waals surface area contributed by atoms with Crippen LogP contribution in [0, 0.1) is 6.92 Å². The summed E-state index contributed by atoms with van der Waals surface area (Å²) in [5.74, 6) is 0.623. The van der Waals surface area contributed by atoms with E-state index in [1.54, 1.807) is 0 Å². The van der Waals surface area contributed by atoms with Crippen LogP contribution >= 0.6 is 0 Å². The second kappa shape index (κ2) is 12.8. The third-order valence-electron chi connectivity index (χ3n) is 6.96. The van der Waals surface area contributed by atoms with Crippen LogP contribution in [0.4, 0.5) is 0 Å². The first-order chi connectivity index (χ1) is 18.0. The monoisotopic (exact) mass is 523 g/mol. The molecule has 3 heterocycles. The number of aryl methyl sites for hydroxylation is 2. The maximum atomic E-state index is 13.7. The number of nitrogens with zero attached hydrogens (tertiary/aromatic N) is 3. The molecule has 0 amide bonds. The Balaban J connectivity index is 0.00000336. The van der Waals surface area contributed by atoms with Crippen LogP contribution in [0.15, 0.2) is 62.6 Å². The van der Waals surface area contributed by atoms with Crippen LogP contribution in [0.5, 0.6) is 0 Å². The fourth-order valence-electron chi connectivity index (χ4n) is 5.02. The molecule has 1 aliphatic heterocycles. The van der Waals surface area contributed by atoms with Crippen molar-refractivity contribution in [3.63, 3.8) is 0 Å². The maximum Gasteiger partial charge on any atom is 0.439 e. The van der Waals surface area contributed by atoms with Crippen molar-refractivity contribution in [3.05, 3.63) is 92.1 Å². The number of ether oxygens (including phenoxy) is 1. The minimum atomic E-state index is -0.588. The minimum Gasteiger partial charge on any atom is -0.378 e. The van der Waals surface area contributed by atoms with Crippen molar-refractivity contribution in [3.8, 4) is 22.5 Å². The second-order valence-electron chi connectivity index (χ2n) is 9.61. The number of aromatic nitrogens is 4. The standard InChI is InChI=1S/C29H32N4O4.Na/c1-3-8-26-30-19(2)25(17-22-9-6-7-16-36-22)28(34)33(26)18-20-12-14-21(15-13-20)23-10-4-5-11-24(23)27-31-29(35)37-32-27;/h4-5,10-15,22H,3,6-9,16-18H2,1-2H3,(H,31,32,35);. The summed E-state index contributed by atoms with van der Waals surface area (Å²) >= 11 is 0. The molecule has 193 valence electrons. The van der Waals surface area contributed by atoms with Gasteiger partial charge in [-0.25, -0.2) is 9.78 Å². The molecule has 1 radical (unpaired) electrons. The van der Waals surface area contributed by atoms with Crippen molar-refractivity contribution < 1.29 is 9.26 Å². The van der Waals surface area contributed by atoms with E-state index in [1.165, 1.54) is 0 Å². The summed E-state index contributed by atoms with van der Waals surface area (Å²) < 4.78 is 12.4. The van der Waals surface area contributed by atoms with E-state index in [2.05, 4.69) is 17.1 Å². The van der Waals surface area contributed by atoms with Crippen LogP contribution in [0.3, 0.4) is 0 Å². The van der Waals surface area contributed by atoms with Gasteiger partial charge in [-0.15, -0.1) is 0 Å². The maximum absolute atomic E-state index is 13.7. The molecule has 0 spiro atoms. The molecule has 1 atom stereocenters. The van der Waals surface area contributed by atoms with Crippen LogP contribution in [-0.2, 0) is 24.1 Å². The Labute approximate surface area is 243 Å². The number of hydrogen-bond donors (Lipinski definition) is 1. The molecule has 0 saturated carbocycles. The Bertz CT molecular complexity index is 1480. The molecule has 38 heavy (non-hydrogen) atoms. The number of benzene rings is 2. The molecule has 1 saturated heterocycles. The predicted molar refractivity (Wildman–Crippen MR) is 147 cm³/mol. The molecule has 8 nitrogen and oxygen atoms in total. The van der Waals surface area contributed by atoms with Crippen molar-refractivity contribution >= 4 is 29.6 Å². The molecule has 0 bridgehead atoms.